The number of carbonyl (C=O) groups is 2. The number of hydrogen-bond donors (Lipinski definition) is 7. The van der Waals surface area contributed by atoms with Crippen LogP contribution in [0, 0.1) is 23.7 Å². The Kier molecular flexibility index (Phi) is 13.5. The fraction of sp³-hybridized carbons (Fsp3) is 0.714. The number of nitrogens with one attached hydrogen (secondary N) is 2. The summed E-state index contributed by atoms with van der Waals surface area (Å²) >= 11 is 0. The van der Waals surface area contributed by atoms with Gasteiger partial charge in [-0.2, -0.15) is 0 Å². The van der Waals surface area contributed by atoms with E-state index in [1.807, 2.05) is 6.92 Å². The first kappa shape index (κ1) is 32.0. The normalized spacial score (nSPS) is 22.5. The molecule has 0 saturated heterocycles. The molecular formula is C28H46N2O8. The van der Waals surface area contributed by atoms with Crippen molar-refractivity contribution in [3.63, 3.8) is 0 Å². The molecule has 7 N–H and O–H groups in total. The minimum Gasteiger partial charge on any atom is -0.480 e. The molecule has 0 heterocycles. The van der Waals surface area contributed by atoms with E-state index in [4.69, 9.17) is 4.74 Å². The number of rotatable bonds is 15. The zero-order valence-corrected chi connectivity index (χ0v) is 22.8. The summed E-state index contributed by atoms with van der Waals surface area (Å²) in [5.74, 6) is -0.493. The molecule has 0 spiro atoms. The molecule has 1 fully saturated rings. The van der Waals surface area contributed by atoms with Gasteiger partial charge in [-0.15, -0.1) is 0 Å². The summed E-state index contributed by atoms with van der Waals surface area (Å²) in [5.41, 5.74) is 0.721. The van der Waals surface area contributed by atoms with E-state index in [0.29, 0.717) is 6.54 Å². The molecule has 1 saturated carbocycles. The standard InChI is InChI=1S/C28H46N2O8/c1-4-6-7-14-29-25(32)22(30-26(33)23-17(3)8-11-19(5-2)21(23)16-31)15-18-9-12-20(13-10-18)38-24(27(34)35)28(36)37/h9-10,12-13,17,19,21-24,27-28,31,34-37H,4-8,11,14-16H2,1-3H3,(H,29,32)(H,30,33). The summed E-state index contributed by atoms with van der Waals surface area (Å²) in [4.78, 5) is 26.6. The molecule has 2 amide bonds. The van der Waals surface area contributed by atoms with Crippen LogP contribution in [-0.4, -0.2) is 75.2 Å². The Morgan fingerprint density at radius 2 is 1.68 bits per heavy atom. The average molecular weight is 539 g/mol. The Morgan fingerprint density at radius 3 is 2.24 bits per heavy atom. The summed E-state index contributed by atoms with van der Waals surface area (Å²) in [5, 5.41) is 53.1. The van der Waals surface area contributed by atoms with Crippen molar-refractivity contribution >= 4 is 11.8 Å². The maximum absolute atomic E-state index is 13.5. The first-order valence-corrected chi connectivity index (χ1v) is 13.8. The highest BCUT2D eigenvalue weighted by Crippen LogP contribution is 2.40. The van der Waals surface area contributed by atoms with Gasteiger partial charge in [0.2, 0.25) is 11.8 Å². The highest BCUT2D eigenvalue weighted by molar-refractivity contribution is 5.89. The molecule has 10 heteroatoms. The van der Waals surface area contributed by atoms with Crippen LogP contribution in [0.1, 0.15) is 64.9 Å². The van der Waals surface area contributed by atoms with Crippen molar-refractivity contribution in [2.24, 2.45) is 23.7 Å². The topological polar surface area (TPSA) is 169 Å². The fourth-order valence-electron chi connectivity index (χ4n) is 5.37. The molecule has 0 aliphatic heterocycles. The van der Waals surface area contributed by atoms with E-state index in [9.17, 15) is 35.1 Å². The lowest BCUT2D eigenvalue weighted by Crippen LogP contribution is -2.53. The molecule has 216 valence electrons. The van der Waals surface area contributed by atoms with E-state index >= 15 is 0 Å². The zero-order valence-electron chi connectivity index (χ0n) is 22.8. The van der Waals surface area contributed by atoms with Gasteiger partial charge in [0.25, 0.3) is 0 Å². The van der Waals surface area contributed by atoms with Crippen LogP contribution < -0.4 is 15.4 Å². The molecule has 5 atom stereocenters. The third kappa shape index (κ3) is 9.20. The van der Waals surface area contributed by atoms with Gasteiger partial charge in [0.05, 0.1) is 0 Å². The van der Waals surface area contributed by atoms with Crippen molar-refractivity contribution in [3.05, 3.63) is 29.8 Å². The van der Waals surface area contributed by atoms with Gasteiger partial charge in [-0.3, -0.25) is 9.59 Å². The number of benzene rings is 1. The molecule has 1 aromatic rings. The second-order valence-electron chi connectivity index (χ2n) is 10.4. The van der Waals surface area contributed by atoms with Gasteiger partial charge in [0.1, 0.15) is 11.8 Å². The minimum atomic E-state index is -2.09. The molecule has 0 radical (unpaired) electrons. The van der Waals surface area contributed by atoms with Gasteiger partial charge in [0, 0.05) is 25.5 Å². The van der Waals surface area contributed by atoms with Crippen LogP contribution in [0.4, 0.5) is 0 Å². The van der Waals surface area contributed by atoms with Crippen molar-refractivity contribution in [2.75, 3.05) is 13.2 Å². The van der Waals surface area contributed by atoms with E-state index in [0.717, 1.165) is 44.1 Å². The Hall–Kier alpha value is -2.24. The zero-order chi connectivity index (χ0) is 28.2. The highest BCUT2D eigenvalue weighted by atomic mass is 16.6. The predicted molar refractivity (Wildman–Crippen MR) is 142 cm³/mol. The van der Waals surface area contributed by atoms with E-state index < -0.39 is 24.7 Å². The Labute approximate surface area is 225 Å². The van der Waals surface area contributed by atoms with Crippen molar-refractivity contribution in [2.45, 2.75) is 90.4 Å². The summed E-state index contributed by atoms with van der Waals surface area (Å²) < 4.78 is 5.25. The van der Waals surface area contributed by atoms with Crippen LogP contribution in [0.2, 0.25) is 0 Å². The molecule has 0 bridgehead atoms. The maximum Gasteiger partial charge on any atom is 0.242 e. The summed E-state index contributed by atoms with van der Waals surface area (Å²) in [6.07, 6.45) is -0.0158. The lowest BCUT2D eigenvalue weighted by atomic mass is 9.66. The summed E-state index contributed by atoms with van der Waals surface area (Å²) in [7, 11) is 0. The molecule has 2 rings (SSSR count). The number of hydrogen-bond acceptors (Lipinski definition) is 8. The monoisotopic (exact) mass is 538 g/mol. The fourth-order valence-corrected chi connectivity index (χ4v) is 5.37. The molecule has 10 nitrogen and oxygen atoms in total. The van der Waals surface area contributed by atoms with Crippen molar-refractivity contribution < 1.29 is 39.9 Å². The Morgan fingerprint density at radius 1 is 1.03 bits per heavy atom. The molecule has 1 aromatic carbocycles. The number of aliphatic hydroxyl groups is 5. The summed E-state index contributed by atoms with van der Waals surface area (Å²) in [6.45, 7) is 6.62. The van der Waals surface area contributed by atoms with Crippen LogP contribution in [0.25, 0.3) is 0 Å². The Balaban J connectivity index is 2.18. The van der Waals surface area contributed by atoms with Crippen molar-refractivity contribution in [1.29, 1.82) is 0 Å². The second kappa shape index (κ2) is 16.0. The molecule has 1 aliphatic carbocycles. The number of unbranched alkanes of at least 4 members (excludes halogenated alkanes) is 2. The summed E-state index contributed by atoms with van der Waals surface area (Å²) in [6, 6.07) is 5.53. The highest BCUT2D eigenvalue weighted by Gasteiger charge is 2.41. The first-order valence-electron chi connectivity index (χ1n) is 13.8. The molecular weight excluding hydrogens is 492 g/mol. The number of ether oxygens (including phenoxy) is 1. The van der Waals surface area contributed by atoms with Gasteiger partial charge in [-0.25, -0.2) is 0 Å². The largest absolute Gasteiger partial charge is 0.480 e. The van der Waals surface area contributed by atoms with Crippen molar-refractivity contribution in [1.82, 2.24) is 10.6 Å². The molecule has 38 heavy (non-hydrogen) atoms. The quantitative estimate of drug-likeness (QED) is 0.129. The van der Waals surface area contributed by atoms with E-state index in [-0.39, 0.29) is 54.3 Å². The van der Waals surface area contributed by atoms with Crippen molar-refractivity contribution in [3.8, 4) is 5.75 Å². The van der Waals surface area contributed by atoms with Crippen LogP contribution in [0.3, 0.4) is 0 Å². The Bertz CT molecular complexity index is 840. The number of aliphatic hydroxyl groups excluding tert-OH is 3. The van der Waals surface area contributed by atoms with Crippen LogP contribution in [0.5, 0.6) is 5.75 Å². The molecule has 5 unspecified atom stereocenters. The maximum atomic E-state index is 13.5. The number of amides is 2. The molecule has 0 aromatic heterocycles. The second-order valence-corrected chi connectivity index (χ2v) is 10.4. The molecule has 1 aliphatic rings. The van der Waals surface area contributed by atoms with Crippen LogP contribution in [-0.2, 0) is 16.0 Å². The first-order chi connectivity index (χ1) is 18.1. The van der Waals surface area contributed by atoms with Crippen LogP contribution >= 0.6 is 0 Å². The van der Waals surface area contributed by atoms with E-state index in [1.165, 1.54) is 12.1 Å². The third-order valence-corrected chi connectivity index (χ3v) is 7.65. The van der Waals surface area contributed by atoms with E-state index in [2.05, 4.69) is 24.5 Å². The lowest BCUT2D eigenvalue weighted by Gasteiger charge is -2.40. The van der Waals surface area contributed by atoms with Gasteiger partial charge in [-0.05, 0) is 54.7 Å². The minimum absolute atomic E-state index is 0.0671. The predicted octanol–water partition coefficient (Wildman–Crippen LogP) is 1.07. The van der Waals surface area contributed by atoms with Gasteiger partial charge >= 0.3 is 0 Å². The van der Waals surface area contributed by atoms with Gasteiger partial charge < -0.3 is 40.9 Å². The number of carbonyl (C=O) groups excluding carboxylic acids is 2. The SMILES string of the molecule is CCCCCNC(=O)C(Cc1ccc(OC(C(O)O)C(O)O)cc1)NC(=O)C1C(C)CCC(CC)C1CO. The smallest absolute Gasteiger partial charge is 0.242 e. The van der Waals surface area contributed by atoms with E-state index in [1.54, 1.807) is 12.1 Å². The van der Waals surface area contributed by atoms with Crippen LogP contribution in [0.15, 0.2) is 24.3 Å². The third-order valence-electron chi connectivity index (χ3n) is 7.65. The van der Waals surface area contributed by atoms with Gasteiger partial charge in [0.15, 0.2) is 18.7 Å². The lowest BCUT2D eigenvalue weighted by molar-refractivity contribution is -0.201. The van der Waals surface area contributed by atoms with Gasteiger partial charge in [-0.1, -0.05) is 52.2 Å². The average Bonchev–Trinajstić information content (AvgIpc) is 2.89.